The molecule has 0 amide bonds. The zero-order valence-corrected chi connectivity index (χ0v) is 17.0. The lowest BCUT2D eigenvalue weighted by atomic mass is 9.81. The Hall–Kier alpha value is -1.88. The van der Waals surface area contributed by atoms with Crippen molar-refractivity contribution in [2.45, 2.75) is 50.7 Å². The molecule has 2 unspecified atom stereocenters. The van der Waals surface area contributed by atoms with Gasteiger partial charge in [-0.05, 0) is 67.5 Å². The Morgan fingerprint density at radius 2 is 2.04 bits per heavy atom. The Morgan fingerprint density at radius 3 is 2.75 bits per heavy atom. The molecule has 0 bridgehead atoms. The number of nitrogens with one attached hydrogen (secondary N) is 1. The third-order valence-electron chi connectivity index (χ3n) is 5.40. The van der Waals surface area contributed by atoms with E-state index in [1.165, 1.54) is 5.56 Å². The van der Waals surface area contributed by atoms with Gasteiger partial charge < -0.3 is 15.2 Å². The van der Waals surface area contributed by atoms with Crippen LogP contribution in [-0.4, -0.2) is 30.3 Å². The van der Waals surface area contributed by atoms with Gasteiger partial charge in [0.25, 0.3) is 0 Å². The first-order chi connectivity index (χ1) is 13.6. The third-order valence-corrected chi connectivity index (χ3v) is 5.64. The van der Waals surface area contributed by atoms with Crippen LogP contribution in [0, 0.1) is 0 Å². The number of aliphatic hydroxyl groups excluding tert-OH is 1. The molecule has 150 valence electrons. The fourth-order valence-corrected chi connectivity index (χ4v) is 4.09. The third kappa shape index (κ3) is 5.57. The molecule has 2 aromatic carbocycles. The van der Waals surface area contributed by atoms with E-state index in [9.17, 15) is 9.90 Å². The molecule has 1 fully saturated rings. The predicted molar refractivity (Wildman–Crippen MR) is 112 cm³/mol. The zero-order chi connectivity index (χ0) is 19.9. The summed E-state index contributed by atoms with van der Waals surface area (Å²) in [5.41, 5.74) is 2.69. The van der Waals surface area contributed by atoms with Gasteiger partial charge in [0.05, 0.1) is 18.3 Å². The SMILES string of the molecule is CCOC(=O)c1ccc(C2CCCC(NC[C@H](O)c3cccc(Cl)c3)C2)cc1. The molecule has 1 aliphatic rings. The maximum atomic E-state index is 11.8. The average molecular weight is 402 g/mol. The summed E-state index contributed by atoms with van der Waals surface area (Å²) in [6.45, 7) is 2.71. The Kier molecular flexibility index (Phi) is 7.49. The standard InChI is InChI=1S/C23H28ClNO3/c1-2-28-23(27)17-11-9-16(10-12-17)18-5-4-8-21(14-18)25-15-22(26)19-6-3-7-20(24)13-19/h3,6-7,9-13,18,21-22,25-26H,2,4-5,8,14-15H2,1H3/t18?,21?,22-/m0/s1. The maximum Gasteiger partial charge on any atom is 0.338 e. The van der Waals surface area contributed by atoms with Crippen molar-refractivity contribution < 1.29 is 14.6 Å². The lowest BCUT2D eigenvalue weighted by Gasteiger charge is -2.31. The highest BCUT2D eigenvalue weighted by molar-refractivity contribution is 6.30. The summed E-state index contributed by atoms with van der Waals surface area (Å²) in [6, 6.07) is 15.5. The summed E-state index contributed by atoms with van der Waals surface area (Å²) >= 11 is 6.01. The van der Waals surface area contributed by atoms with Crippen LogP contribution in [0.25, 0.3) is 0 Å². The van der Waals surface area contributed by atoms with Crippen LogP contribution in [0.4, 0.5) is 0 Å². The van der Waals surface area contributed by atoms with E-state index in [0.717, 1.165) is 31.2 Å². The molecule has 0 saturated heterocycles. The zero-order valence-electron chi connectivity index (χ0n) is 16.2. The molecule has 3 rings (SSSR count). The summed E-state index contributed by atoms with van der Waals surface area (Å²) in [6.07, 6.45) is 3.87. The van der Waals surface area contributed by atoms with Crippen LogP contribution in [0.2, 0.25) is 5.02 Å². The molecule has 0 radical (unpaired) electrons. The first-order valence-electron chi connectivity index (χ1n) is 10.0. The second kappa shape index (κ2) is 10.1. The number of carbonyl (C=O) groups excluding carboxylic acids is 1. The van der Waals surface area contributed by atoms with Gasteiger partial charge in [-0.15, -0.1) is 0 Å². The number of esters is 1. The summed E-state index contributed by atoms with van der Waals surface area (Å²) in [7, 11) is 0. The molecular weight excluding hydrogens is 374 g/mol. The molecule has 1 aliphatic carbocycles. The van der Waals surface area contributed by atoms with E-state index in [2.05, 4.69) is 5.32 Å². The Balaban J connectivity index is 1.54. The summed E-state index contributed by atoms with van der Waals surface area (Å²) in [4.78, 5) is 11.8. The Labute approximate surface area is 171 Å². The van der Waals surface area contributed by atoms with E-state index >= 15 is 0 Å². The second-order valence-corrected chi connectivity index (χ2v) is 7.82. The van der Waals surface area contributed by atoms with Crippen molar-refractivity contribution >= 4 is 17.6 Å². The number of carbonyl (C=O) groups is 1. The van der Waals surface area contributed by atoms with Crippen molar-refractivity contribution in [1.29, 1.82) is 0 Å². The highest BCUT2D eigenvalue weighted by Crippen LogP contribution is 2.33. The fraction of sp³-hybridized carbons (Fsp3) is 0.435. The first-order valence-corrected chi connectivity index (χ1v) is 10.4. The van der Waals surface area contributed by atoms with E-state index in [1.807, 2.05) is 55.5 Å². The fourth-order valence-electron chi connectivity index (χ4n) is 3.89. The lowest BCUT2D eigenvalue weighted by Crippen LogP contribution is -2.36. The Bertz CT molecular complexity index is 778. The van der Waals surface area contributed by atoms with Crippen LogP contribution in [0.1, 0.15) is 66.1 Å². The van der Waals surface area contributed by atoms with E-state index in [-0.39, 0.29) is 5.97 Å². The molecule has 0 aliphatic heterocycles. The van der Waals surface area contributed by atoms with Gasteiger partial charge in [-0.1, -0.05) is 42.3 Å². The summed E-state index contributed by atoms with van der Waals surface area (Å²) < 4.78 is 5.05. The molecule has 0 aromatic heterocycles. The molecule has 4 nitrogen and oxygen atoms in total. The number of rotatable bonds is 7. The van der Waals surface area contributed by atoms with Crippen molar-refractivity contribution in [2.24, 2.45) is 0 Å². The molecule has 3 atom stereocenters. The minimum absolute atomic E-state index is 0.271. The first kappa shape index (κ1) is 20.8. The number of ether oxygens (including phenoxy) is 1. The molecule has 2 aromatic rings. The number of hydrogen-bond donors (Lipinski definition) is 2. The molecule has 1 saturated carbocycles. The van der Waals surface area contributed by atoms with Crippen molar-refractivity contribution in [3.8, 4) is 0 Å². The molecule has 0 heterocycles. The van der Waals surface area contributed by atoms with Gasteiger partial charge in [-0.3, -0.25) is 0 Å². The predicted octanol–water partition coefficient (Wildman–Crippen LogP) is 4.87. The van der Waals surface area contributed by atoms with Gasteiger partial charge in [0.2, 0.25) is 0 Å². The van der Waals surface area contributed by atoms with Crippen LogP contribution < -0.4 is 5.32 Å². The highest BCUT2D eigenvalue weighted by Gasteiger charge is 2.24. The molecule has 0 spiro atoms. The number of aliphatic hydroxyl groups is 1. The van der Waals surface area contributed by atoms with Crippen LogP contribution in [0.3, 0.4) is 0 Å². The highest BCUT2D eigenvalue weighted by atomic mass is 35.5. The Morgan fingerprint density at radius 1 is 1.25 bits per heavy atom. The second-order valence-electron chi connectivity index (χ2n) is 7.38. The quantitative estimate of drug-likeness (QED) is 0.650. The van der Waals surface area contributed by atoms with Crippen LogP contribution >= 0.6 is 11.6 Å². The van der Waals surface area contributed by atoms with Gasteiger partial charge in [-0.25, -0.2) is 4.79 Å². The van der Waals surface area contributed by atoms with Crippen molar-refractivity contribution in [1.82, 2.24) is 5.32 Å². The van der Waals surface area contributed by atoms with Crippen molar-refractivity contribution in [3.05, 3.63) is 70.2 Å². The van der Waals surface area contributed by atoms with Gasteiger partial charge in [-0.2, -0.15) is 0 Å². The van der Waals surface area contributed by atoms with Gasteiger partial charge in [0.15, 0.2) is 0 Å². The van der Waals surface area contributed by atoms with E-state index in [1.54, 1.807) is 0 Å². The van der Waals surface area contributed by atoms with Crippen molar-refractivity contribution in [3.63, 3.8) is 0 Å². The normalized spacial score (nSPS) is 20.5. The maximum absolute atomic E-state index is 11.8. The van der Waals surface area contributed by atoms with Crippen LogP contribution in [-0.2, 0) is 4.74 Å². The largest absolute Gasteiger partial charge is 0.462 e. The molecule has 28 heavy (non-hydrogen) atoms. The van der Waals surface area contributed by atoms with Gasteiger partial charge >= 0.3 is 5.97 Å². The summed E-state index contributed by atoms with van der Waals surface area (Å²) in [5.74, 6) is 0.193. The minimum atomic E-state index is -0.567. The van der Waals surface area contributed by atoms with Crippen LogP contribution in [0.5, 0.6) is 0 Å². The lowest BCUT2D eigenvalue weighted by molar-refractivity contribution is 0.0526. The molecule has 2 N–H and O–H groups in total. The monoisotopic (exact) mass is 401 g/mol. The van der Waals surface area contributed by atoms with E-state index in [4.69, 9.17) is 16.3 Å². The van der Waals surface area contributed by atoms with Crippen LogP contribution in [0.15, 0.2) is 48.5 Å². The average Bonchev–Trinajstić information content (AvgIpc) is 2.72. The molecular formula is C23H28ClNO3. The number of halogens is 1. The minimum Gasteiger partial charge on any atom is -0.462 e. The topological polar surface area (TPSA) is 58.6 Å². The van der Waals surface area contributed by atoms with Gasteiger partial charge in [0, 0.05) is 17.6 Å². The van der Waals surface area contributed by atoms with Crippen molar-refractivity contribution in [2.75, 3.05) is 13.2 Å². The number of benzene rings is 2. The van der Waals surface area contributed by atoms with E-state index in [0.29, 0.717) is 35.7 Å². The smallest absolute Gasteiger partial charge is 0.338 e. The van der Waals surface area contributed by atoms with E-state index < -0.39 is 6.10 Å². The number of hydrogen-bond acceptors (Lipinski definition) is 4. The molecule has 5 heteroatoms. The summed E-state index contributed by atoms with van der Waals surface area (Å²) in [5, 5.41) is 14.6. The van der Waals surface area contributed by atoms with Gasteiger partial charge in [0.1, 0.15) is 0 Å².